The minimum atomic E-state index is 0. The van der Waals surface area contributed by atoms with Gasteiger partial charge in [0.1, 0.15) is 0 Å². The lowest BCUT2D eigenvalue weighted by Crippen LogP contribution is -1.84. The van der Waals surface area contributed by atoms with Gasteiger partial charge in [0.05, 0.1) is 5.69 Å². The van der Waals surface area contributed by atoms with Crippen molar-refractivity contribution in [1.29, 1.82) is 0 Å². The van der Waals surface area contributed by atoms with Gasteiger partial charge in [-0.2, -0.15) is 0 Å². The average molecular weight is 213 g/mol. The molecule has 1 aromatic rings. The molecule has 0 aliphatic carbocycles. The molecular weight excluding hydrogens is 203 g/mol. The largest absolute Gasteiger partial charge is 0.375 e. The van der Waals surface area contributed by atoms with Crippen molar-refractivity contribution < 1.29 is 0 Å². The van der Waals surface area contributed by atoms with Gasteiger partial charge >= 0.3 is 0 Å². The Morgan fingerprint density at radius 2 is 2.27 bits per heavy atom. The summed E-state index contributed by atoms with van der Waals surface area (Å²) < 4.78 is 0. The Bertz CT molecular complexity index is 224. The highest BCUT2D eigenvalue weighted by Crippen LogP contribution is 2.19. The van der Waals surface area contributed by atoms with Crippen molar-refractivity contribution in [1.82, 2.24) is 4.98 Å². The maximum atomic E-state index is 5.56. The Balaban J connectivity index is 0.000001000. The summed E-state index contributed by atoms with van der Waals surface area (Å²) in [5.74, 6) is 0.641. The number of thiazole rings is 1. The summed E-state index contributed by atoms with van der Waals surface area (Å²) in [4.78, 5) is 5.27. The second-order valence-corrected chi connectivity index (χ2v) is 3.49. The highest BCUT2D eigenvalue weighted by Gasteiger charge is 2.02. The lowest BCUT2D eigenvalue weighted by atomic mass is 10.3. The molecule has 0 aliphatic rings. The first-order valence-corrected chi connectivity index (χ1v) is 4.37. The first kappa shape index (κ1) is 11.0. The molecule has 0 bridgehead atoms. The van der Waals surface area contributed by atoms with Crippen LogP contribution in [0.4, 0.5) is 5.13 Å². The Hall–Kier alpha value is 0.01000. The Labute approximate surface area is 81.2 Å². The van der Waals surface area contributed by atoms with Gasteiger partial charge in [0.15, 0.2) is 5.13 Å². The summed E-state index contributed by atoms with van der Waals surface area (Å²) in [6.45, 7) is 1.95. The van der Waals surface area contributed by atoms with Crippen LogP contribution in [-0.2, 0) is 6.42 Å². The minimum Gasteiger partial charge on any atom is -0.375 e. The Morgan fingerprint density at radius 1 is 1.64 bits per heavy atom. The van der Waals surface area contributed by atoms with Crippen LogP contribution >= 0.6 is 35.3 Å². The normalized spacial score (nSPS) is 9.27. The fourth-order valence-electron chi connectivity index (χ4n) is 0.768. The number of hydrogen-bond acceptors (Lipinski definition) is 3. The molecule has 0 radical (unpaired) electrons. The maximum Gasteiger partial charge on any atom is 0.180 e. The molecule has 2 N–H and O–H groups in total. The third-order valence-corrected chi connectivity index (χ3v) is 2.47. The van der Waals surface area contributed by atoms with Crippen LogP contribution in [-0.4, -0.2) is 10.9 Å². The van der Waals surface area contributed by atoms with Gasteiger partial charge in [-0.1, -0.05) is 0 Å². The molecule has 5 heteroatoms. The molecular formula is C6H10Cl2N2S. The third kappa shape index (κ3) is 2.85. The van der Waals surface area contributed by atoms with E-state index in [2.05, 4.69) is 4.98 Å². The molecule has 0 unspecified atom stereocenters. The fraction of sp³-hybridized carbons (Fsp3) is 0.500. The van der Waals surface area contributed by atoms with E-state index in [4.69, 9.17) is 17.3 Å². The SMILES string of the molecule is Cc1nc(N)sc1CCCl.Cl. The quantitative estimate of drug-likeness (QED) is 0.765. The van der Waals surface area contributed by atoms with Gasteiger partial charge in [-0.3, -0.25) is 0 Å². The number of nitrogens with two attached hydrogens (primary N) is 1. The molecule has 1 rings (SSSR count). The van der Waals surface area contributed by atoms with E-state index < -0.39 is 0 Å². The summed E-state index contributed by atoms with van der Waals surface area (Å²) >= 11 is 7.08. The molecule has 64 valence electrons. The number of rotatable bonds is 2. The van der Waals surface area contributed by atoms with Gasteiger partial charge < -0.3 is 5.73 Å². The number of anilines is 1. The topological polar surface area (TPSA) is 38.9 Å². The number of nitrogen functional groups attached to an aromatic ring is 1. The van der Waals surface area contributed by atoms with E-state index >= 15 is 0 Å². The van der Waals surface area contributed by atoms with Gasteiger partial charge in [-0.25, -0.2) is 4.98 Å². The molecule has 0 spiro atoms. The summed E-state index contributed by atoms with van der Waals surface area (Å²) in [6.07, 6.45) is 0.877. The minimum absolute atomic E-state index is 0. The van der Waals surface area contributed by atoms with E-state index in [9.17, 15) is 0 Å². The van der Waals surface area contributed by atoms with Crippen LogP contribution in [0.5, 0.6) is 0 Å². The van der Waals surface area contributed by atoms with E-state index in [0.29, 0.717) is 11.0 Å². The standard InChI is InChI=1S/C6H9ClN2S.ClH/c1-4-5(2-3-7)10-6(8)9-4;/h2-3H2,1H3,(H2,8,9);1H. The van der Waals surface area contributed by atoms with Crippen LogP contribution < -0.4 is 5.73 Å². The number of halogens is 2. The molecule has 0 amide bonds. The summed E-state index contributed by atoms with van der Waals surface area (Å²) in [5, 5.41) is 0.637. The third-order valence-electron chi connectivity index (χ3n) is 1.23. The van der Waals surface area contributed by atoms with Gasteiger partial charge in [-0.05, 0) is 13.3 Å². The smallest absolute Gasteiger partial charge is 0.180 e. The average Bonchev–Trinajstić information content (AvgIpc) is 2.13. The molecule has 2 nitrogen and oxygen atoms in total. The van der Waals surface area contributed by atoms with Gasteiger partial charge in [0.2, 0.25) is 0 Å². The van der Waals surface area contributed by atoms with E-state index in [0.717, 1.165) is 12.1 Å². The number of hydrogen-bond donors (Lipinski definition) is 1. The first-order valence-electron chi connectivity index (χ1n) is 3.01. The van der Waals surface area contributed by atoms with Crippen molar-refractivity contribution in [3.8, 4) is 0 Å². The number of alkyl halides is 1. The van der Waals surface area contributed by atoms with Crippen molar-refractivity contribution in [2.24, 2.45) is 0 Å². The van der Waals surface area contributed by atoms with Crippen molar-refractivity contribution in [2.45, 2.75) is 13.3 Å². The Kier molecular flexibility index (Phi) is 4.81. The molecule has 1 heterocycles. The fourth-order valence-corrected chi connectivity index (χ4v) is 1.90. The zero-order valence-electron chi connectivity index (χ0n) is 6.13. The van der Waals surface area contributed by atoms with Crippen LogP contribution in [0, 0.1) is 6.92 Å². The predicted octanol–water partition coefficient (Wildman–Crippen LogP) is 2.24. The molecule has 1 aromatic heterocycles. The van der Waals surface area contributed by atoms with Crippen molar-refractivity contribution in [3.63, 3.8) is 0 Å². The monoisotopic (exact) mass is 212 g/mol. The van der Waals surface area contributed by atoms with Crippen LogP contribution in [0.3, 0.4) is 0 Å². The Morgan fingerprint density at radius 3 is 2.64 bits per heavy atom. The first-order chi connectivity index (χ1) is 4.74. The number of aromatic nitrogens is 1. The van der Waals surface area contributed by atoms with E-state index in [1.54, 1.807) is 0 Å². The van der Waals surface area contributed by atoms with Crippen molar-refractivity contribution in [3.05, 3.63) is 10.6 Å². The van der Waals surface area contributed by atoms with Crippen LogP contribution in [0.25, 0.3) is 0 Å². The molecule has 0 aliphatic heterocycles. The van der Waals surface area contributed by atoms with Crippen molar-refractivity contribution >= 4 is 40.5 Å². The molecule has 11 heavy (non-hydrogen) atoms. The molecule has 0 fully saturated rings. The molecule has 0 atom stereocenters. The van der Waals surface area contributed by atoms with Crippen LogP contribution in [0.15, 0.2) is 0 Å². The second kappa shape index (κ2) is 4.80. The zero-order valence-corrected chi connectivity index (χ0v) is 8.52. The molecule has 0 saturated carbocycles. The summed E-state index contributed by atoms with van der Waals surface area (Å²) in [5.41, 5.74) is 6.49. The highest BCUT2D eigenvalue weighted by molar-refractivity contribution is 7.15. The van der Waals surface area contributed by atoms with Gasteiger partial charge in [-0.15, -0.1) is 35.3 Å². The van der Waals surface area contributed by atoms with Crippen LogP contribution in [0.2, 0.25) is 0 Å². The predicted molar refractivity (Wildman–Crippen MR) is 52.9 cm³/mol. The zero-order chi connectivity index (χ0) is 7.56. The highest BCUT2D eigenvalue weighted by atomic mass is 35.5. The van der Waals surface area contributed by atoms with Gasteiger partial charge in [0.25, 0.3) is 0 Å². The molecule has 0 saturated heterocycles. The molecule has 0 aromatic carbocycles. The number of aryl methyl sites for hydroxylation is 2. The van der Waals surface area contributed by atoms with E-state index in [1.807, 2.05) is 6.92 Å². The van der Waals surface area contributed by atoms with Crippen molar-refractivity contribution in [2.75, 3.05) is 11.6 Å². The maximum absolute atomic E-state index is 5.56. The lowest BCUT2D eigenvalue weighted by Gasteiger charge is -1.89. The summed E-state index contributed by atoms with van der Waals surface area (Å²) in [6, 6.07) is 0. The summed E-state index contributed by atoms with van der Waals surface area (Å²) in [7, 11) is 0. The number of nitrogens with zero attached hydrogens (tertiary/aromatic N) is 1. The second-order valence-electron chi connectivity index (χ2n) is 2.00. The van der Waals surface area contributed by atoms with E-state index in [1.165, 1.54) is 16.2 Å². The lowest BCUT2D eigenvalue weighted by molar-refractivity contribution is 1.12. The van der Waals surface area contributed by atoms with Crippen LogP contribution in [0.1, 0.15) is 10.6 Å². The van der Waals surface area contributed by atoms with Gasteiger partial charge in [0, 0.05) is 10.8 Å². The van der Waals surface area contributed by atoms with E-state index in [-0.39, 0.29) is 12.4 Å².